The SMILES string of the molecule is CCNC(=O)C(C)n1c(=O)[nH]cc(C(C)=O)c1=O. The Morgan fingerprint density at radius 1 is 1.44 bits per heavy atom. The molecule has 1 aromatic heterocycles. The lowest BCUT2D eigenvalue weighted by molar-refractivity contribution is -0.123. The number of aromatic amines is 1. The molecular weight excluding hydrogens is 238 g/mol. The molecule has 1 aromatic rings. The number of H-pyrrole nitrogens is 1. The third-order valence-electron chi connectivity index (χ3n) is 2.51. The van der Waals surface area contributed by atoms with Gasteiger partial charge < -0.3 is 10.3 Å². The number of amides is 1. The highest BCUT2D eigenvalue weighted by atomic mass is 16.2. The molecule has 0 spiro atoms. The second kappa shape index (κ2) is 5.44. The quantitative estimate of drug-likeness (QED) is 0.702. The zero-order valence-corrected chi connectivity index (χ0v) is 10.4. The largest absolute Gasteiger partial charge is 0.355 e. The summed E-state index contributed by atoms with van der Waals surface area (Å²) in [5.41, 5.74) is -1.63. The van der Waals surface area contributed by atoms with Crippen molar-refractivity contribution in [1.82, 2.24) is 14.9 Å². The summed E-state index contributed by atoms with van der Waals surface area (Å²) in [6.45, 7) is 4.76. The zero-order valence-electron chi connectivity index (χ0n) is 10.4. The molecule has 1 atom stereocenters. The summed E-state index contributed by atoms with van der Waals surface area (Å²) in [6.07, 6.45) is 1.06. The van der Waals surface area contributed by atoms with Crippen LogP contribution >= 0.6 is 0 Å². The summed E-state index contributed by atoms with van der Waals surface area (Å²) < 4.78 is 0.738. The minimum Gasteiger partial charge on any atom is -0.355 e. The monoisotopic (exact) mass is 253 g/mol. The number of rotatable bonds is 4. The topological polar surface area (TPSA) is 101 Å². The normalized spacial score (nSPS) is 11.9. The Morgan fingerprint density at radius 3 is 2.56 bits per heavy atom. The molecule has 18 heavy (non-hydrogen) atoms. The van der Waals surface area contributed by atoms with E-state index in [1.165, 1.54) is 13.8 Å². The van der Waals surface area contributed by atoms with Crippen LogP contribution in [0.1, 0.15) is 37.2 Å². The Morgan fingerprint density at radius 2 is 2.06 bits per heavy atom. The molecule has 7 heteroatoms. The molecule has 2 N–H and O–H groups in total. The van der Waals surface area contributed by atoms with E-state index in [-0.39, 0.29) is 5.56 Å². The lowest BCUT2D eigenvalue weighted by Crippen LogP contribution is -2.44. The first-order chi connectivity index (χ1) is 8.40. The molecule has 1 rings (SSSR count). The average Bonchev–Trinajstić information content (AvgIpc) is 2.28. The Kier molecular flexibility index (Phi) is 4.19. The highest BCUT2D eigenvalue weighted by molar-refractivity contribution is 5.93. The number of carbonyl (C=O) groups is 2. The van der Waals surface area contributed by atoms with Crippen molar-refractivity contribution >= 4 is 11.7 Å². The van der Waals surface area contributed by atoms with Gasteiger partial charge in [0.1, 0.15) is 6.04 Å². The van der Waals surface area contributed by atoms with Gasteiger partial charge in [-0.05, 0) is 20.8 Å². The molecule has 0 saturated heterocycles. The summed E-state index contributed by atoms with van der Waals surface area (Å²) in [7, 11) is 0. The van der Waals surface area contributed by atoms with Crippen LogP contribution in [0.15, 0.2) is 15.8 Å². The second-order valence-corrected chi connectivity index (χ2v) is 3.81. The molecule has 98 valence electrons. The standard InChI is InChI=1S/C11H15N3O4/c1-4-12-9(16)6(2)14-10(17)8(7(3)15)5-13-11(14)18/h5-6H,4H2,1-3H3,(H,12,16)(H,13,18). The molecule has 1 unspecified atom stereocenters. The second-order valence-electron chi connectivity index (χ2n) is 3.81. The molecule has 0 saturated carbocycles. The maximum atomic E-state index is 11.9. The van der Waals surface area contributed by atoms with Crippen LogP contribution in [0.25, 0.3) is 0 Å². The highest BCUT2D eigenvalue weighted by Crippen LogP contribution is 1.99. The molecule has 0 radical (unpaired) electrons. The predicted octanol–water partition coefficient (Wildman–Crippen LogP) is -0.564. The van der Waals surface area contributed by atoms with E-state index < -0.39 is 29.0 Å². The van der Waals surface area contributed by atoms with Crippen LogP contribution in [0.5, 0.6) is 0 Å². The van der Waals surface area contributed by atoms with Gasteiger partial charge in [0.05, 0.1) is 5.56 Å². The molecule has 0 aliphatic carbocycles. The maximum Gasteiger partial charge on any atom is 0.329 e. The first-order valence-electron chi connectivity index (χ1n) is 5.53. The number of aromatic nitrogens is 2. The fourth-order valence-electron chi connectivity index (χ4n) is 1.53. The third kappa shape index (κ3) is 2.55. The van der Waals surface area contributed by atoms with Crippen molar-refractivity contribution in [2.45, 2.75) is 26.8 Å². The molecule has 0 aliphatic rings. The fraction of sp³-hybridized carbons (Fsp3) is 0.455. The Labute approximate surface area is 103 Å². The van der Waals surface area contributed by atoms with E-state index in [2.05, 4.69) is 10.3 Å². The van der Waals surface area contributed by atoms with Crippen molar-refractivity contribution in [3.8, 4) is 0 Å². The van der Waals surface area contributed by atoms with Gasteiger partial charge in [-0.15, -0.1) is 0 Å². The van der Waals surface area contributed by atoms with Crippen LogP contribution in [0, 0.1) is 0 Å². The van der Waals surface area contributed by atoms with Gasteiger partial charge in [0.15, 0.2) is 5.78 Å². The predicted molar refractivity (Wildman–Crippen MR) is 64.7 cm³/mol. The summed E-state index contributed by atoms with van der Waals surface area (Å²) in [5.74, 6) is -0.918. The van der Waals surface area contributed by atoms with Crippen LogP contribution in [0.2, 0.25) is 0 Å². The van der Waals surface area contributed by atoms with Crippen LogP contribution in [-0.2, 0) is 4.79 Å². The van der Waals surface area contributed by atoms with Crippen molar-refractivity contribution < 1.29 is 9.59 Å². The number of carbonyl (C=O) groups excluding carboxylic acids is 2. The van der Waals surface area contributed by atoms with Crippen LogP contribution in [-0.4, -0.2) is 27.8 Å². The molecule has 0 bridgehead atoms. The van der Waals surface area contributed by atoms with Crippen LogP contribution in [0.4, 0.5) is 0 Å². The van der Waals surface area contributed by atoms with Crippen molar-refractivity contribution in [1.29, 1.82) is 0 Å². The van der Waals surface area contributed by atoms with Crippen molar-refractivity contribution in [3.05, 3.63) is 32.6 Å². The van der Waals surface area contributed by atoms with Crippen molar-refractivity contribution in [2.24, 2.45) is 0 Å². The van der Waals surface area contributed by atoms with E-state index >= 15 is 0 Å². The van der Waals surface area contributed by atoms with Gasteiger partial charge in [-0.3, -0.25) is 14.4 Å². The van der Waals surface area contributed by atoms with E-state index in [0.29, 0.717) is 6.54 Å². The van der Waals surface area contributed by atoms with Gasteiger partial charge in [0.25, 0.3) is 5.56 Å². The first-order valence-corrected chi connectivity index (χ1v) is 5.53. The number of Topliss-reactive ketones (excluding diaryl/α,β-unsaturated/α-hetero) is 1. The van der Waals surface area contributed by atoms with Gasteiger partial charge in [0, 0.05) is 12.7 Å². The van der Waals surface area contributed by atoms with Gasteiger partial charge >= 0.3 is 5.69 Å². The third-order valence-corrected chi connectivity index (χ3v) is 2.51. The number of ketones is 1. The molecule has 1 heterocycles. The molecule has 0 fully saturated rings. The van der Waals surface area contributed by atoms with E-state index in [0.717, 1.165) is 10.8 Å². The summed E-state index contributed by atoms with van der Waals surface area (Å²) >= 11 is 0. The Hall–Kier alpha value is -2.18. The van der Waals surface area contributed by atoms with E-state index in [4.69, 9.17) is 0 Å². The van der Waals surface area contributed by atoms with Gasteiger partial charge in [-0.25, -0.2) is 9.36 Å². The molecule has 0 aliphatic heterocycles. The number of nitrogens with one attached hydrogen (secondary N) is 2. The summed E-state index contributed by atoms with van der Waals surface area (Å²) in [5, 5.41) is 2.51. The minimum absolute atomic E-state index is 0.147. The lowest BCUT2D eigenvalue weighted by atomic mass is 10.2. The number of nitrogens with zero attached hydrogens (tertiary/aromatic N) is 1. The van der Waals surface area contributed by atoms with Gasteiger partial charge in [0.2, 0.25) is 5.91 Å². The number of hydrogen-bond donors (Lipinski definition) is 2. The van der Waals surface area contributed by atoms with Crippen molar-refractivity contribution in [3.63, 3.8) is 0 Å². The average molecular weight is 253 g/mol. The van der Waals surface area contributed by atoms with E-state index in [1.54, 1.807) is 6.92 Å². The number of likely N-dealkylation sites (N-methyl/N-ethyl adjacent to an activating group) is 1. The molecule has 7 nitrogen and oxygen atoms in total. The zero-order chi connectivity index (χ0) is 13.9. The van der Waals surface area contributed by atoms with Crippen molar-refractivity contribution in [2.75, 3.05) is 6.54 Å². The minimum atomic E-state index is -0.972. The van der Waals surface area contributed by atoms with Crippen LogP contribution < -0.4 is 16.6 Å². The van der Waals surface area contributed by atoms with E-state index in [1.807, 2.05) is 0 Å². The smallest absolute Gasteiger partial charge is 0.329 e. The summed E-state index contributed by atoms with van der Waals surface area (Å²) in [6, 6.07) is -0.972. The maximum absolute atomic E-state index is 11.9. The number of hydrogen-bond acceptors (Lipinski definition) is 4. The van der Waals surface area contributed by atoms with Gasteiger partial charge in [-0.2, -0.15) is 0 Å². The Balaban J connectivity index is 3.36. The lowest BCUT2D eigenvalue weighted by Gasteiger charge is -2.13. The van der Waals surface area contributed by atoms with Crippen LogP contribution in [0.3, 0.4) is 0 Å². The first kappa shape index (κ1) is 13.9. The Bertz CT molecular complexity index is 585. The highest BCUT2D eigenvalue weighted by Gasteiger charge is 2.20. The summed E-state index contributed by atoms with van der Waals surface area (Å²) in [4.78, 5) is 48.6. The fourth-order valence-corrected chi connectivity index (χ4v) is 1.53. The van der Waals surface area contributed by atoms with E-state index in [9.17, 15) is 19.2 Å². The molecule has 1 amide bonds. The molecule has 0 aromatic carbocycles. The van der Waals surface area contributed by atoms with Gasteiger partial charge in [-0.1, -0.05) is 0 Å². The molecular formula is C11H15N3O4.